The van der Waals surface area contributed by atoms with E-state index in [4.69, 9.17) is 5.26 Å². The number of aromatic nitrogens is 3. The molecule has 0 atom stereocenters. The molecule has 3 aromatic rings. The number of hydrogen-bond donors (Lipinski definition) is 2. The van der Waals surface area contributed by atoms with E-state index in [1.54, 1.807) is 6.07 Å². The number of pyridine rings is 1. The molecule has 0 unspecified atom stereocenters. The molecular weight excluding hydrogens is 254 g/mol. The number of benzene rings is 1. The van der Waals surface area contributed by atoms with Crippen molar-refractivity contribution in [2.45, 2.75) is 0 Å². The van der Waals surface area contributed by atoms with Gasteiger partial charge in [-0.25, -0.2) is 4.98 Å². The van der Waals surface area contributed by atoms with E-state index in [0.717, 1.165) is 10.9 Å². The largest absolute Gasteiger partial charge is 0.303 e. The number of carbonyl (C=O) groups is 1. The van der Waals surface area contributed by atoms with E-state index in [9.17, 15) is 4.79 Å². The molecule has 20 heavy (non-hydrogen) atoms. The number of hydrogen-bond acceptors (Lipinski definition) is 4. The second-order valence-electron chi connectivity index (χ2n) is 4.12. The molecule has 3 rings (SSSR count). The molecule has 6 nitrogen and oxygen atoms in total. The third-order valence-electron chi connectivity index (χ3n) is 2.83. The molecular formula is C14H9N5O. The zero-order valence-corrected chi connectivity index (χ0v) is 10.3. The van der Waals surface area contributed by atoms with Crippen molar-refractivity contribution in [3.8, 4) is 6.07 Å². The van der Waals surface area contributed by atoms with E-state index in [1.165, 1.54) is 12.3 Å². The fourth-order valence-electron chi connectivity index (χ4n) is 1.82. The monoisotopic (exact) mass is 263 g/mol. The van der Waals surface area contributed by atoms with Crippen molar-refractivity contribution in [3.05, 3.63) is 53.9 Å². The quantitative estimate of drug-likeness (QED) is 0.740. The molecule has 0 fully saturated rings. The Hall–Kier alpha value is -3.20. The van der Waals surface area contributed by atoms with Gasteiger partial charge in [-0.3, -0.25) is 9.89 Å². The van der Waals surface area contributed by atoms with Crippen LogP contribution in [-0.2, 0) is 0 Å². The molecule has 0 aliphatic heterocycles. The van der Waals surface area contributed by atoms with Crippen molar-refractivity contribution in [2.24, 2.45) is 0 Å². The van der Waals surface area contributed by atoms with Gasteiger partial charge in [-0.1, -0.05) is 12.1 Å². The second-order valence-corrected chi connectivity index (χ2v) is 4.12. The predicted octanol–water partition coefficient (Wildman–Crippen LogP) is 2.08. The van der Waals surface area contributed by atoms with Crippen LogP contribution in [0.3, 0.4) is 0 Å². The number of para-hydroxylation sites is 1. The minimum atomic E-state index is -0.369. The molecule has 0 spiro atoms. The van der Waals surface area contributed by atoms with Gasteiger partial charge < -0.3 is 5.32 Å². The summed E-state index contributed by atoms with van der Waals surface area (Å²) in [7, 11) is 0. The van der Waals surface area contributed by atoms with Gasteiger partial charge in [0.05, 0.1) is 11.1 Å². The van der Waals surface area contributed by atoms with Gasteiger partial charge in [0, 0.05) is 11.6 Å². The summed E-state index contributed by atoms with van der Waals surface area (Å²) >= 11 is 0. The lowest BCUT2D eigenvalue weighted by Crippen LogP contribution is -2.14. The molecule has 1 amide bonds. The average Bonchev–Trinajstić information content (AvgIpc) is 2.91. The van der Waals surface area contributed by atoms with E-state index >= 15 is 0 Å². The Morgan fingerprint density at radius 1 is 1.25 bits per heavy atom. The van der Waals surface area contributed by atoms with Crippen LogP contribution < -0.4 is 5.32 Å². The molecule has 2 N–H and O–H groups in total. The molecule has 0 radical (unpaired) electrons. The summed E-state index contributed by atoms with van der Waals surface area (Å²) in [6.07, 6.45) is 1.36. The van der Waals surface area contributed by atoms with Crippen LogP contribution in [0.5, 0.6) is 0 Å². The van der Waals surface area contributed by atoms with Crippen molar-refractivity contribution in [1.29, 1.82) is 5.26 Å². The maximum Gasteiger partial charge on any atom is 0.275 e. The minimum Gasteiger partial charge on any atom is -0.303 e. The fourth-order valence-corrected chi connectivity index (χ4v) is 1.82. The molecule has 2 heterocycles. The molecule has 2 aromatic heterocycles. The normalized spacial score (nSPS) is 10.2. The first-order chi connectivity index (χ1) is 9.78. The van der Waals surface area contributed by atoms with Gasteiger partial charge in [-0.05, 0) is 24.3 Å². The topological polar surface area (TPSA) is 94.5 Å². The van der Waals surface area contributed by atoms with Gasteiger partial charge in [0.15, 0.2) is 5.82 Å². The summed E-state index contributed by atoms with van der Waals surface area (Å²) < 4.78 is 0. The first kappa shape index (κ1) is 11.9. The van der Waals surface area contributed by atoms with Crippen LogP contribution in [0.25, 0.3) is 10.9 Å². The lowest BCUT2D eigenvalue weighted by atomic mass is 10.2. The minimum absolute atomic E-state index is 0.232. The van der Waals surface area contributed by atoms with E-state index in [1.807, 2.05) is 30.3 Å². The number of aromatic amines is 1. The van der Waals surface area contributed by atoms with Gasteiger partial charge >= 0.3 is 0 Å². The second kappa shape index (κ2) is 4.82. The highest BCUT2D eigenvalue weighted by Gasteiger charge is 2.11. The molecule has 0 aliphatic rings. The number of nitrogens with zero attached hydrogens (tertiary/aromatic N) is 3. The Morgan fingerprint density at radius 3 is 2.85 bits per heavy atom. The molecule has 1 aromatic carbocycles. The Bertz CT molecular complexity index is 813. The number of carbonyl (C=O) groups excluding carboxylic acids is 1. The SMILES string of the molecule is N#Cc1ccc(C(=O)Nc2n[nH]c3ccccc23)nc1. The summed E-state index contributed by atoms with van der Waals surface area (Å²) in [4.78, 5) is 16.0. The van der Waals surface area contributed by atoms with Crippen molar-refractivity contribution in [2.75, 3.05) is 5.32 Å². The zero-order valence-electron chi connectivity index (χ0n) is 10.3. The summed E-state index contributed by atoms with van der Waals surface area (Å²) in [6, 6.07) is 12.5. The third-order valence-corrected chi connectivity index (χ3v) is 2.83. The lowest BCUT2D eigenvalue weighted by Gasteiger charge is -2.01. The predicted molar refractivity (Wildman–Crippen MR) is 73.0 cm³/mol. The van der Waals surface area contributed by atoms with Crippen LogP contribution in [0.2, 0.25) is 0 Å². The van der Waals surface area contributed by atoms with Crippen LogP contribution in [0.15, 0.2) is 42.6 Å². The molecule has 0 saturated heterocycles. The van der Waals surface area contributed by atoms with Crippen LogP contribution in [-0.4, -0.2) is 21.1 Å². The van der Waals surface area contributed by atoms with E-state index < -0.39 is 0 Å². The maximum absolute atomic E-state index is 12.0. The lowest BCUT2D eigenvalue weighted by molar-refractivity contribution is 0.102. The summed E-state index contributed by atoms with van der Waals surface area (Å²) in [6.45, 7) is 0. The highest BCUT2D eigenvalue weighted by Crippen LogP contribution is 2.19. The standard InChI is InChI=1S/C14H9N5O/c15-7-9-5-6-12(16-8-9)14(20)17-13-10-3-1-2-4-11(10)18-19-13/h1-6,8H,(H2,17,18,19,20). The van der Waals surface area contributed by atoms with Crippen molar-refractivity contribution >= 4 is 22.6 Å². The van der Waals surface area contributed by atoms with Gasteiger partial charge in [0.25, 0.3) is 5.91 Å². The van der Waals surface area contributed by atoms with Crippen molar-refractivity contribution in [3.63, 3.8) is 0 Å². The fraction of sp³-hybridized carbons (Fsp3) is 0. The molecule has 0 bridgehead atoms. The number of anilines is 1. The number of nitrogens with one attached hydrogen (secondary N) is 2. The number of fused-ring (bicyclic) bond motifs is 1. The van der Waals surface area contributed by atoms with E-state index in [-0.39, 0.29) is 11.6 Å². The highest BCUT2D eigenvalue weighted by molar-refractivity contribution is 6.06. The smallest absolute Gasteiger partial charge is 0.275 e. The number of amides is 1. The average molecular weight is 263 g/mol. The summed E-state index contributed by atoms with van der Waals surface area (Å²) in [5, 5.41) is 19.1. The Morgan fingerprint density at radius 2 is 2.10 bits per heavy atom. The number of nitriles is 1. The van der Waals surface area contributed by atoms with Crippen LogP contribution in [0.4, 0.5) is 5.82 Å². The van der Waals surface area contributed by atoms with Crippen LogP contribution in [0.1, 0.15) is 16.1 Å². The number of H-pyrrole nitrogens is 1. The number of rotatable bonds is 2. The Labute approximate surface area is 114 Å². The van der Waals surface area contributed by atoms with Crippen LogP contribution >= 0.6 is 0 Å². The van der Waals surface area contributed by atoms with Gasteiger partial charge in [-0.2, -0.15) is 10.4 Å². The summed E-state index contributed by atoms with van der Waals surface area (Å²) in [5.41, 5.74) is 1.48. The molecule has 96 valence electrons. The Kier molecular flexibility index (Phi) is 2.86. The maximum atomic E-state index is 12.0. The van der Waals surface area contributed by atoms with E-state index in [2.05, 4.69) is 20.5 Å². The third kappa shape index (κ3) is 2.08. The Balaban J connectivity index is 1.87. The van der Waals surface area contributed by atoms with Crippen LogP contribution in [0, 0.1) is 11.3 Å². The van der Waals surface area contributed by atoms with Gasteiger partial charge in [0.2, 0.25) is 0 Å². The van der Waals surface area contributed by atoms with Crippen molar-refractivity contribution < 1.29 is 4.79 Å². The first-order valence-corrected chi connectivity index (χ1v) is 5.88. The van der Waals surface area contributed by atoms with E-state index in [0.29, 0.717) is 11.4 Å². The van der Waals surface area contributed by atoms with Crippen molar-refractivity contribution in [1.82, 2.24) is 15.2 Å². The molecule has 0 aliphatic carbocycles. The van der Waals surface area contributed by atoms with Gasteiger partial charge in [-0.15, -0.1) is 0 Å². The zero-order chi connectivity index (χ0) is 13.9. The summed E-state index contributed by atoms with van der Waals surface area (Å²) in [5.74, 6) is 0.0866. The molecule has 6 heteroatoms. The highest BCUT2D eigenvalue weighted by atomic mass is 16.1. The van der Waals surface area contributed by atoms with Gasteiger partial charge in [0.1, 0.15) is 11.8 Å². The molecule has 0 saturated carbocycles. The first-order valence-electron chi connectivity index (χ1n) is 5.88.